The second-order valence-corrected chi connectivity index (χ2v) is 5.84. The average Bonchev–Trinajstić information content (AvgIpc) is 3.11. The van der Waals surface area contributed by atoms with Gasteiger partial charge in [0.05, 0.1) is 12.3 Å². The average molecular weight is 376 g/mol. The van der Waals surface area contributed by atoms with Crippen LogP contribution in [0, 0.1) is 11.6 Å². The Bertz CT molecular complexity index is 869. The van der Waals surface area contributed by atoms with Crippen LogP contribution in [-0.4, -0.2) is 30.9 Å². The van der Waals surface area contributed by atoms with E-state index >= 15 is 0 Å². The Morgan fingerprint density at radius 3 is 2.63 bits per heavy atom. The maximum atomic E-state index is 14.2. The molecule has 1 aliphatic heterocycles. The third-order valence-electron chi connectivity index (χ3n) is 3.96. The molecule has 0 aliphatic carbocycles. The van der Waals surface area contributed by atoms with Gasteiger partial charge in [0.15, 0.2) is 17.7 Å². The van der Waals surface area contributed by atoms with E-state index in [1.54, 1.807) is 0 Å². The molecule has 27 heavy (non-hydrogen) atoms. The Morgan fingerprint density at radius 2 is 1.96 bits per heavy atom. The molecule has 0 bridgehead atoms. The second-order valence-electron chi connectivity index (χ2n) is 5.84. The highest BCUT2D eigenvalue weighted by molar-refractivity contribution is 6.01. The third-order valence-corrected chi connectivity index (χ3v) is 3.96. The number of hydrogen-bond donors (Lipinski definition) is 1. The monoisotopic (exact) mass is 376 g/mol. The van der Waals surface area contributed by atoms with Gasteiger partial charge in [-0.05, 0) is 48.9 Å². The summed E-state index contributed by atoms with van der Waals surface area (Å²) in [7, 11) is 0. The molecule has 142 valence electrons. The molecule has 6 nitrogen and oxygen atoms in total. The largest absolute Gasteiger partial charge is 0.494 e. The number of oxime groups is 1. The van der Waals surface area contributed by atoms with Crippen molar-refractivity contribution in [2.75, 3.05) is 13.2 Å². The van der Waals surface area contributed by atoms with Crippen molar-refractivity contribution in [3.8, 4) is 11.5 Å². The van der Waals surface area contributed by atoms with Gasteiger partial charge in [0.1, 0.15) is 23.7 Å². The van der Waals surface area contributed by atoms with Crippen LogP contribution in [0.4, 0.5) is 8.78 Å². The van der Waals surface area contributed by atoms with Gasteiger partial charge in [0.25, 0.3) is 5.91 Å². The first kappa shape index (κ1) is 18.6. The van der Waals surface area contributed by atoms with E-state index in [9.17, 15) is 13.6 Å². The van der Waals surface area contributed by atoms with Gasteiger partial charge in [0, 0.05) is 6.42 Å². The molecule has 2 N–H and O–H groups in total. The molecule has 3 rings (SSSR count). The fourth-order valence-corrected chi connectivity index (χ4v) is 2.65. The van der Waals surface area contributed by atoms with E-state index in [1.165, 1.54) is 0 Å². The van der Waals surface area contributed by atoms with Crippen molar-refractivity contribution in [2.45, 2.75) is 19.4 Å². The predicted octanol–water partition coefficient (Wildman–Crippen LogP) is 3.03. The number of benzene rings is 2. The van der Waals surface area contributed by atoms with E-state index < -0.39 is 29.2 Å². The van der Waals surface area contributed by atoms with Gasteiger partial charge < -0.3 is 20.0 Å². The van der Waals surface area contributed by atoms with Crippen LogP contribution in [0.2, 0.25) is 0 Å². The molecule has 2 aromatic carbocycles. The number of carbonyl (C=O) groups excluding carboxylic acids is 1. The number of halogens is 2. The maximum Gasteiger partial charge on any atom is 0.254 e. The topological polar surface area (TPSA) is 83.1 Å². The van der Waals surface area contributed by atoms with Gasteiger partial charge >= 0.3 is 0 Å². The molecule has 1 atom stereocenters. The van der Waals surface area contributed by atoms with Crippen LogP contribution < -0.4 is 15.2 Å². The summed E-state index contributed by atoms with van der Waals surface area (Å²) in [6.45, 7) is 2.47. The lowest BCUT2D eigenvalue weighted by molar-refractivity contribution is 0.0458. The van der Waals surface area contributed by atoms with Crippen LogP contribution in [0.15, 0.2) is 41.6 Å². The predicted molar refractivity (Wildman–Crippen MR) is 94.0 cm³/mol. The number of ether oxygens (including phenoxy) is 2. The van der Waals surface area contributed by atoms with Gasteiger partial charge in [-0.3, -0.25) is 4.79 Å². The number of nitrogens with zero attached hydrogens (tertiary/aromatic N) is 1. The van der Waals surface area contributed by atoms with Crippen LogP contribution >= 0.6 is 0 Å². The molecule has 1 amide bonds. The van der Waals surface area contributed by atoms with E-state index in [1.807, 2.05) is 31.2 Å². The van der Waals surface area contributed by atoms with Crippen molar-refractivity contribution in [1.29, 1.82) is 0 Å². The molecule has 0 radical (unpaired) electrons. The molecular weight excluding hydrogens is 358 g/mol. The Balaban J connectivity index is 1.60. The molecule has 2 aromatic rings. The zero-order valence-electron chi connectivity index (χ0n) is 14.6. The highest BCUT2D eigenvalue weighted by atomic mass is 19.1. The highest BCUT2D eigenvalue weighted by Crippen LogP contribution is 2.25. The van der Waals surface area contributed by atoms with E-state index in [0.29, 0.717) is 13.0 Å². The molecule has 8 heteroatoms. The summed E-state index contributed by atoms with van der Waals surface area (Å²) in [6.07, 6.45) is 0.0208. The van der Waals surface area contributed by atoms with Crippen molar-refractivity contribution in [3.63, 3.8) is 0 Å². The molecule has 1 unspecified atom stereocenters. The summed E-state index contributed by atoms with van der Waals surface area (Å²) in [5, 5.41) is 4.03. The van der Waals surface area contributed by atoms with E-state index in [2.05, 4.69) is 5.16 Å². The summed E-state index contributed by atoms with van der Waals surface area (Å²) >= 11 is 0. The van der Waals surface area contributed by atoms with E-state index in [-0.39, 0.29) is 12.4 Å². The summed E-state index contributed by atoms with van der Waals surface area (Å²) in [5.74, 6) is -2.88. The first-order valence-electron chi connectivity index (χ1n) is 8.36. The Labute approximate surface area is 154 Å². The summed E-state index contributed by atoms with van der Waals surface area (Å²) < 4.78 is 38.4. The molecule has 0 saturated carbocycles. The van der Waals surface area contributed by atoms with Crippen LogP contribution in [-0.2, 0) is 4.84 Å². The Kier molecular flexibility index (Phi) is 5.54. The van der Waals surface area contributed by atoms with Gasteiger partial charge in [-0.25, -0.2) is 8.78 Å². The van der Waals surface area contributed by atoms with E-state index in [0.717, 1.165) is 29.2 Å². The number of hydrogen-bond acceptors (Lipinski definition) is 5. The van der Waals surface area contributed by atoms with Gasteiger partial charge in [0.2, 0.25) is 0 Å². The van der Waals surface area contributed by atoms with Crippen LogP contribution in [0.25, 0.3) is 0 Å². The lowest BCUT2D eigenvalue weighted by Crippen LogP contribution is -2.20. The first-order chi connectivity index (χ1) is 13.0. The fourth-order valence-electron chi connectivity index (χ4n) is 2.65. The maximum absolute atomic E-state index is 14.2. The van der Waals surface area contributed by atoms with Crippen molar-refractivity contribution in [1.82, 2.24) is 0 Å². The molecule has 1 aliphatic rings. The smallest absolute Gasteiger partial charge is 0.254 e. The Morgan fingerprint density at radius 1 is 1.22 bits per heavy atom. The minimum Gasteiger partial charge on any atom is -0.494 e. The Hall–Kier alpha value is -3.16. The summed E-state index contributed by atoms with van der Waals surface area (Å²) in [5.41, 5.74) is 5.77. The molecule has 1 heterocycles. The van der Waals surface area contributed by atoms with Crippen molar-refractivity contribution in [3.05, 3.63) is 59.2 Å². The number of nitrogens with two attached hydrogens (primary N) is 1. The lowest BCUT2D eigenvalue weighted by Gasteiger charge is -2.12. The van der Waals surface area contributed by atoms with Crippen LogP contribution in [0.5, 0.6) is 11.5 Å². The van der Waals surface area contributed by atoms with Gasteiger partial charge in [-0.1, -0.05) is 5.16 Å². The SMILES string of the molecule is CCOc1ccc(C2=NOC(COc3ccc(F)c(C(N)=O)c3F)C2)cc1. The standard InChI is InChI=1S/C19H18F2N2O4/c1-2-25-12-5-3-11(4-6-12)15-9-13(27-23-15)10-26-16-8-7-14(20)17(18(16)21)19(22)24/h3-8,13H,2,9-10H2,1H3,(H2,22,24). The van der Waals surface area contributed by atoms with Crippen LogP contribution in [0.3, 0.4) is 0 Å². The van der Waals surface area contributed by atoms with Crippen molar-refractivity contribution in [2.24, 2.45) is 10.9 Å². The number of primary amides is 1. The van der Waals surface area contributed by atoms with Gasteiger partial charge in [-0.15, -0.1) is 0 Å². The molecule has 0 fully saturated rings. The second kappa shape index (κ2) is 8.03. The normalized spacial score (nSPS) is 15.8. The zero-order chi connectivity index (χ0) is 19.4. The number of amides is 1. The zero-order valence-corrected chi connectivity index (χ0v) is 14.6. The minimum atomic E-state index is -1.20. The quantitative estimate of drug-likeness (QED) is 0.805. The van der Waals surface area contributed by atoms with Crippen molar-refractivity contribution >= 4 is 11.6 Å². The lowest BCUT2D eigenvalue weighted by atomic mass is 10.1. The number of rotatable bonds is 7. The molecule has 0 spiro atoms. The van der Waals surface area contributed by atoms with Gasteiger partial charge in [-0.2, -0.15) is 0 Å². The number of carbonyl (C=O) groups is 1. The fraction of sp³-hybridized carbons (Fsp3) is 0.263. The third kappa shape index (κ3) is 4.16. The van der Waals surface area contributed by atoms with E-state index in [4.69, 9.17) is 20.0 Å². The molecule has 0 aromatic heterocycles. The molecular formula is C19H18F2N2O4. The van der Waals surface area contributed by atoms with Crippen molar-refractivity contribution < 1.29 is 27.9 Å². The molecule has 0 saturated heterocycles. The highest BCUT2D eigenvalue weighted by Gasteiger charge is 2.25. The van der Waals surface area contributed by atoms with Crippen LogP contribution in [0.1, 0.15) is 29.3 Å². The summed E-state index contributed by atoms with van der Waals surface area (Å²) in [6, 6.07) is 9.44. The first-order valence-corrected chi connectivity index (χ1v) is 8.36. The summed E-state index contributed by atoms with van der Waals surface area (Å²) in [4.78, 5) is 16.5. The minimum absolute atomic E-state index is 0.0230.